The van der Waals surface area contributed by atoms with Gasteiger partial charge in [-0.05, 0) is 12.1 Å². The second-order valence-electron chi connectivity index (χ2n) is 5.04. The Morgan fingerprint density at radius 3 is 3.09 bits per heavy atom. The molecule has 1 aliphatic rings. The van der Waals surface area contributed by atoms with Gasteiger partial charge in [0.1, 0.15) is 0 Å². The lowest BCUT2D eigenvalue weighted by molar-refractivity contribution is -0.130. The van der Waals surface area contributed by atoms with Crippen molar-refractivity contribution in [3.05, 3.63) is 30.2 Å². The fourth-order valence-electron chi connectivity index (χ4n) is 2.61. The SMILES string of the molecule is COc1cc2c(N3CCOC(C(N)=O)C3)ccnc2cc1F. The molecular weight excluding hydrogens is 289 g/mol. The average Bonchev–Trinajstić information content (AvgIpc) is 2.53. The number of ether oxygens (including phenoxy) is 2. The summed E-state index contributed by atoms with van der Waals surface area (Å²) in [6.45, 7) is 1.37. The highest BCUT2D eigenvalue weighted by Crippen LogP contribution is 2.31. The summed E-state index contributed by atoms with van der Waals surface area (Å²) in [7, 11) is 1.41. The summed E-state index contributed by atoms with van der Waals surface area (Å²) in [5.41, 5.74) is 6.68. The van der Waals surface area contributed by atoms with Crippen LogP contribution in [0.4, 0.5) is 10.1 Å². The Hall–Kier alpha value is -2.41. The number of rotatable bonds is 3. The maximum atomic E-state index is 13.8. The fourth-order valence-corrected chi connectivity index (χ4v) is 2.61. The summed E-state index contributed by atoms with van der Waals surface area (Å²) in [6, 6.07) is 4.77. The second kappa shape index (κ2) is 5.76. The van der Waals surface area contributed by atoms with E-state index >= 15 is 0 Å². The smallest absolute Gasteiger partial charge is 0.248 e. The van der Waals surface area contributed by atoms with E-state index in [2.05, 4.69) is 4.98 Å². The van der Waals surface area contributed by atoms with E-state index in [1.165, 1.54) is 13.2 Å². The molecule has 0 spiro atoms. The maximum absolute atomic E-state index is 13.8. The van der Waals surface area contributed by atoms with Gasteiger partial charge in [-0.2, -0.15) is 0 Å². The largest absolute Gasteiger partial charge is 0.494 e. The number of anilines is 1. The van der Waals surface area contributed by atoms with Gasteiger partial charge in [-0.1, -0.05) is 0 Å². The van der Waals surface area contributed by atoms with E-state index in [0.717, 1.165) is 11.1 Å². The van der Waals surface area contributed by atoms with Crippen LogP contribution in [0.5, 0.6) is 5.75 Å². The van der Waals surface area contributed by atoms with Gasteiger partial charge in [0, 0.05) is 29.9 Å². The molecule has 2 heterocycles. The highest BCUT2D eigenvalue weighted by Gasteiger charge is 2.26. The molecule has 1 saturated heterocycles. The van der Waals surface area contributed by atoms with Gasteiger partial charge in [0.15, 0.2) is 17.7 Å². The number of benzene rings is 1. The van der Waals surface area contributed by atoms with Gasteiger partial charge in [-0.25, -0.2) is 4.39 Å². The van der Waals surface area contributed by atoms with Crippen molar-refractivity contribution in [1.82, 2.24) is 4.98 Å². The minimum atomic E-state index is -0.653. The van der Waals surface area contributed by atoms with Crippen molar-refractivity contribution in [3.63, 3.8) is 0 Å². The van der Waals surface area contributed by atoms with Crippen LogP contribution in [0, 0.1) is 5.82 Å². The number of hydrogen-bond acceptors (Lipinski definition) is 5. The summed E-state index contributed by atoms with van der Waals surface area (Å²) < 4.78 is 24.2. The average molecular weight is 305 g/mol. The number of aromatic nitrogens is 1. The molecule has 0 saturated carbocycles. The standard InChI is InChI=1S/C15H16FN3O3/c1-21-13-6-9-11(7-10(13)16)18-3-2-12(9)19-4-5-22-14(8-19)15(17)20/h2-3,6-7,14H,4-5,8H2,1H3,(H2,17,20). The Morgan fingerprint density at radius 2 is 2.36 bits per heavy atom. The molecule has 1 amide bonds. The Bertz CT molecular complexity index is 722. The number of pyridine rings is 1. The van der Waals surface area contributed by atoms with E-state index in [1.54, 1.807) is 12.3 Å². The topological polar surface area (TPSA) is 77.7 Å². The van der Waals surface area contributed by atoms with E-state index in [0.29, 0.717) is 25.2 Å². The molecule has 1 aliphatic heterocycles. The number of morpholine rings is 1. The fraction of sp³-hybridized carbons (Fsp3) is 0.333. The van der Waals surface area contributed by atoms with Gasteiger partial charge in [0.2, 0.25) is 5.91 Å². The number of nitrogens with two attached hydrogens (primary N) is 1. The Morgan fingerprint density at radius 1 is 1.55 bits per heavy atom. The van der Waals surface area contributed by atoms with Gasteiger partial charge >= 0.3 is 0 Å². The van der Waals surface area contributed by atoms with Crippen molar-refractivity contribution in [1.29, 1.82) is 0 Å². The number of primary amides is 1. The number of carbonyl (C=O) groups excluding carboxylic acids is 1. The lowest BCUT2D eigenvalue weighted by Gasteiger charge is -2.33. The summed E-state index contributed by atoms with van der Waals surface area (Å²) in [5, 5.41) is 0.755. The van der Waals surface area contributed by atoms with Crippen LogP contribution in [0.3, 0.4) is 0 Å². The number of carbonyl (C=O) groups is 1. The van der Waals surface area contributed by atoms with E-state index in [9.17, 15) is 9.18 Å². The molecule has 1 atom stereocenters. The van der Waals surface area contributed by atoms with E-state index in [1.807, 2.05) is 11.0 Å². The predicted molar refractivity (Wildman–Crippen MR) is 79.4 cm³/mol. The van der Waals surface area contributed by atoms with Gasteiger partial charge in [0.05, 0.1) is 25.8 Å². The zero-order chi connectivity index (χ0) is 15.7. The summed E-state index contributed by atoms with van der Waals surface area (Å²) in [4.78, 5) is 17.5. The molecule has 116 valence electrons. The number of hydrogen-bond donors (Lipinski definition) is 1. The van der Waals surface area contributed by atoms with Crippen molar-refractivity contribution in [2.24, 2.45) is 5.73 Å². The van der Waals surface area contributed by atoms with Crippen molar-refractivity contribution < 1.29 is 18.7 Å². The number of halogens is 1. The minimum Gasteiger partial charge on any atom is -0.494 e. The summed E-state index contributed by atoms with van der Waals surface area (Å²) in [5.74, 6) is -0.801. The van der Waals surface area contributed by atoms with Crippen molar-refractivity contribution in [3.8, 4) is 5.75 Å². The molecule has 1 aromatic heterocycles. The van der Waals surface area contributed by atoms with Gasteiger partial charge < -0.3 is 20.1 Å². The van der Waals surface area contributed by atoms with Crippen LogP contribution in [0.15, 0.2) is 24.4 Å². The Labute approximate surface area is 126 Å². The predicted octanol–water partition coefficient (Wildman–Crippen LogP) is 1.07. The highest BCUT2D eigenvalue weighted by atomic mass is 19.1. The molecule has 2 N–H and O–H groups in total. The molecule has 3 rings (SSSR count). The molecule has 22 heavy (non-hydrogen) atoms. The van der Waals surface area contributed by atoms with Crippen LogP contribution in [0.25, 0.3) is 10.9 Å². The molecule has 0 bridgehead atoms. The second-order valence-corrected chi connectivity index (χ2v) is 5.04. The lowest BCUT2D eigenvalue weighted by atomic mass is 10.1. The maximum Gasteiger partial charge on any atom is 0.248 e. The first-order valence-electron chi connectivity index (χ1n) is 6.88. The monoisotopic (exact) mass is 305 g/mol. The van der Waals surface area contributed by atoms with Gasteiger partial charge in [-0.15, -0.1) is 0 Å². The minimum absolute atomic E-state index is 0.154. The molecule has 1 aromatic carbocycles. The zero-order valence-corrected chi connectivity index (χ0v) is 12.1. The normalized spacial score (nSPS) is 18.5. The number of amides is 1. The van der Waals surface area contributed by atoms with Crippen LogP contribution in [-0.2, 0) is 9.53 Å². The van der Waals surface area contributed by atoms with E-state index in [4.69, 9.17) is 15.2 Å². The first-order valence-corrected chi connectivity index (χ1v) is 6.88. The Balaban J connectivity index is 2.04. The molecule has 0 aliphatic carbocycles. The van der Waals surface area contributed by atoms with Crippen LogP contribution in [-0.4, -0.2) is 43.8 Å². The van der Waals surface area contributed by atoms with Crippen molar-refractivity contribution >= 4 is 22.5 Å². The lowest BCUT2D eigenvalue weighted by Crippen LogP contribution is -2.48. The molecule has 1 unspecified atom stereocenters. The van der Waals surface area contributed by atoms with Gasteiger partial charge in [-0.3, -0.25) is 9.78 Å². The van der Waals surface area contributed by atoms with E-state index in [-0.39, 0.29) is 5.75 Å². The zero-order valence-electron chi connectivity index (χ0n) is 12.1. The van der Waals surface area contributed by atoms with Crippen molar-refractivity contribution in [2.75, 3.05) is 31.7 Å². The summed E-state index contributed by atoms with van der Waals surface area (Å²) in [6.07, 6.45) is 0.956. The number of fused-ring (bicyclic) bond motifs is 1. The van der Waals surface area contributed by atoms with E-state index < -0.39 is 17.8 Å². The number of nitrogens with zero attached hydrogens (tertiary/aromatic N) is 2. The Kier molecular flexibility index (Phi) is 3.81. The molecule has 2 aromatic rings. The van der Waals surface area contributed by atoms with Crippen LogP contribution in [0.1, 0.15) is 0 Å². The molecule has 6 nitrogen and oxygen atoms in total. The molecule has 7 heteroatoms. The quantitative estimate of drug-likeness (QED) is 0.918. The number of methoxy groups -OCH3 is 1. The van der Waals surface area contributed by atoms with Crippen LogP contribution in [0.2, 0.25) is 0 Å². The first kappa shape index (κ1) is 14.5. The summed E-state index contributed by atoms with van der Waals surface area (Å²) >= 11 is 0. The molecule has 1 fully saturated rings. The third kappa shape index (κ3) is 2.55. The van der Waals surface area contributed by atoms with Crippen molar-refractivity contribution in [2.45, 2.75) is 6.10 Å². The molecule has 0 radical (unpaired) electrons. The van der Waals surface area contributed by atoms with Crippen LogP contribution >= 0.6 is 0 Å². The highest BCUT2D eigenvalue weighted by molar-refractivity contribution is 5.93. The third-order valence-corrected chi connectivity index (χ3v) is 3.72. The first-order chi connectivity index (χ1) is 10.6. The van der Waals surface area contributed by atoms with Crippen LogP contribution < -0.4 is 15.4 Å². The third-order valence-electron chi connectivity index (χ3n) is 3.72. The molecular formula is C15H16FN3O3. The van der Waals surface area contributed by atoms with Gasteiger partial charge in [0.25, 0.3) is 0 Å².